The average Bonchev–Trinajstić information content (AvgIpc) is 3.03. The van der Waals surface area contributed by atoms with Crippen molar-refractivity contribution in [3.05, 3.63) is 35.1 Å². The first-order valence-electron chi connectivity index (χ1n) is 8.67. The summed E-state index contributed by atoms with van der Waals surface area (Å²) in [6.07, 6.45) is 1.92. The molecular weight excluding hydrogens is 340 g/mol. The fourth-order valence-electron chi connectivity index (χ4n) is 3.70. The van der Waals surface area contributed by atoms with Crippen LogP contribution in [-0.2, 0) is 23.8 Å². The van der Waals surface area contributed by atoms with E-state index in [2.05, 4.69) is 6.58 Å². The number of hydrogen-bond acceptors (Lipinski definition) is 7. The Labute approximate surface area is 151 Å². The summed E-state index contributed by atoms with van der Waals surface area (Å²) in [5.41, 5.74) is -0.235. The predicted octanol–water partition coefficient (Wildman–Crippen LogP) is 1.50. The molecule has 0 spiro atoms. The smallest absolute Gasteiger partial charge is 0.342 e. The van der Waals surface area contributed by atoms with E-state index in [1.54, 1.807) is 19.9 Å². The third-order valence-electron chi connectivity index (χ3n) is 5.28. The van der Waals surface area contributed by atoms with Gasteiger partial charge in [0.25, 0.3) is 0 Å². The lowest BCUT2D eigenvalue weighted by atomic mass is 9.86. The van der Waals surface area contributed by atoms with Crippen LogP contribution >= 0.6 is 0 Å². The van der Waals surface area contributed by atoms with Crippen molar-refractivity contribution >= 4 is 11.9 Å². The van der Waals surface area contributed by atoms with Crippen molar-refractivity contribution in [3.8, 4) is 0 Å². The maximum absolute atomic E-state index is 12.2. The van der Waals surface area contributed by atoms with Crippen LogP contribution in [0, 0.1) is 5.92 Å². The first kappa shape index (κ1) is 18.8. The lowest BCUT2D eigenvalue weighted by molar-refractivity contribution is -0.238. The van der Waals surface area contributed by atoms with Gasteiger partial charge in [0.2, 0.25) is 0 Å². The monoisotopic (exact) mass is 364 g/mol. The van der Waals surface area contributed by atoms with Gasteiger partial charge in [-0.1, -0.05) is 13.5 Å². The maximum atomic E-state index is 12.2. The molecule has 0 aromatic heterocycles. The van der Waals surface area contributed by atoms with Crippen LogP contribution in [0.25, 0.3) is 0 Å². The van der Waals surface area contributed by atoms with Crippen LogP contribution in [0.2, 0.25) is 0 Å². The number of fused-ring (bicyclic) bond motifs is 3. The molecule has 2 bridgehead atoms. The second-order valence-electron chi connectivity index (χ2n) is 7.52. The summed E-state index contributed by atoms with van der Waals surface area (Å²) < 4.78 is 16.8. The molecule has 0 aromatic carbocycles. The zero-order chi connectivity index (χ0) is 19.3. The molecule has 3 aliphatic heterocycles. The van der Waals surface area contributed by atoms with Crippen molar-refractivity contribution in [2.24, 2.45) is 5.92 Å². The van der Waals surface area contributed by atoms with Gasteiger partial charge < -0.3 is 24.4 Å². The highest BCUT2D eigenvalue weighted by atomic mass is 16.6. The minimum Gasteiger partial charge on any atom is -0.454 e. The Balaban J connectivity index is 2.12. The summed E-state index contributed by atoms with van der Waals surface area (Å²) in [6, 6.07) is 0. The fourth-order valence-corrected chi connectivity index (χ4v) is 3.70. The van der Waals surface area contributed by atoms with Crippen LogP contribution in [0.1, 0.15) is 40.0 Å². The van der Waals surface area contributed by atoms with Crippen molar-refractivity contribution in [1.29, 1.82) is 0 Å². The number of aliphatic hydroxyl groups excluding tert-OH is 1. The Morgan fingerprint density at radius 3 is 2.77 bits per heavy atom. The Morgan fingerprint density at radius 1 is 1.46 bits per heavy atom. The summed E-state index contributed by atoms with van der Waals surface area (Å²) >= 11 is 0. The Hall–Kier alpha value is -1.96. The molecule has 7 heteroatoms. The largest absolute Gasteiger partial charge is 0.454 e. The number of ether oxygens (including phenoxy) is 3. The zero-order valence-corrected chi connectivity index (χ0v) is 15.2. The molecule has 2 N–H and O–H groups in total. The molecule has 0 amide bonds. The van der Waals surface area contributed by atoms with Gasteiger partial charge in [-0.15, -0.1) is 0 Å². The summed E-state index contributed by atoms with van der Waals surface area (Å²) in [5.74, 6) is -2.84. The normalized spacial score (nSPS) is 38.5. The van der Waals surface area contributed by atoms with Crippen molar-refractivity contribution in [1.82, 2.24) is 0 Å². The van der Waals surface area contributed by atoms with Crippen LogP contribution in [0.3, 0.4) is 0 Å². The summed E-state index contributed by atoms with van der Waals surface area (Å²) in [4.78, 5) is 24.3. The van der Waals surface area contributed by atoms with Crippen LogP contribution in [-0.4, -0.2) is 46.3 Å². The number of carbonyl (C=O) groups is 2. The first-order valence-corrected chi connectivity index (χ1v) is 8.67. The molecule has 3 rings (SSSR count). The lowest BCUT2D eigenvalue weighted by Crippen LogP contribution is -2.40. The van der Waals surface area contributed by atoms with E-state index in [-0.39, 0.29) is 29.2 Å². The quantitative estimate of drug-likeness (QED) is 0.578. The second-order valence-corrected chi connectivity index (χ2v) is 7.52. The third kappa shape index (κ3) is 3.11. The number of aliphatic hydroxyl groups is 2. The number of carbonyl (C=O) groups excluding carboxylic acids is 2. The number of esters is 2. The lowest BCUT2D eigenvalue weighted by Gasteiger charge is -2.33. The van der Waals surface area contributed by atoms with Crippen LogP contribution in [0.4, 0.5) is 0 Å². The topological polar surface area (TPSA) is 102 Å². The molecule has 26 heavy (non-hydrogen) atoms. The van der Waals surface area contributed by atoms with Crippen molar-refractivity contribution < 1.29 is 34.0 Å². The van der Waals surface area contributed by atoms with Gasteiger partial charge in [0.15, 0.2) is 5.79 Å². The molecular formula is C19H24O7. The van der Waals surface area contributed by atoms with Gasteiger partial charge in [-0.3, -0.25) is 0 Å². The van der Waals surface area contributed by atoms with E-state index in [0.717, 1.165) is 0 Å². The minimum absolute atomic E-state index is 0.0522. The first-order chi connectivity index (χ1) is 12.1. The zero-order valence-electron chi connectivity index (χ0n) is 15.2. The van der Waals surface area contributed by atoms with E-state index >= 15 is 0 Å². The van der Waals surface area contributed by atoms with E-state index in [1.165, 1.54) is 6.92 Å². The molecule has 142 valence electrons. The molecule has 0 aliphatic carbocycles. The highest BCUT2D eigenvalue weighted by Gasteiger charge is 2.52. The van der Waals surface area contributed by atoms with E-state index in [0.29, 0.717) is 18.4 Å². The van der Waals surface area contributed by atoms with E-state index < -0.39 is 36.0 Å². The standard InChI is InChI=1S/C19H24O7/c1-10(2)16(21)24-13-7-11(3)19(23)6-5-18(4,26-19)8-14-15(13)12(9-20)17(22)25-14/h8,11,13,20,23H,1,5-7,9H2,2-4H3/b14-8+/t11?,13?,18-,19+/m1/s1. The molecule has 0 radical (unpaired) electrons. The molecule has 4 atom stereocenters. The molecule has 3 heterocycles. The number of rotatable bonds is 3. The Morgan fingerprint density at radius 2 is 2.15 bits per heavy atom. The highest BCUT2D eigenvalue weighted by Crippen LogP contribution is 2.47. The van der Waals surface area contributed by atoms with Gasteiger partial charge in [-0.05, 0) is 32.8 Å². The van der Waals surface area contributed by atoms with Gasteiger partial charge in [-0.2, -0.15) is 0 Å². The van der Waals surface area contributed by atoms with Crippen LogP contribution in [0.15, 0.2) is 35.1 Å². The predicted molar refractivity (Wildman–Crippen MR) is 90.4 cm³/mol. The van der Waals surface area contributed by atoms with Crippen molar-refractivity contribution in [2.45, 2.75) is 57.5 Å². The van der Waals surface area contributed by atoms with E-state index in [9.17, 15) is 19.8 Å². The average molecular weight is 364 g/mol. The van der Waals surface area contributed by atoms with Crippen LogP contribution in [0.5, 0.6) is 0 Å². The summed E-state index contributed by atoms with van der Waals surface area (Å²) in [7, 11) is 0. The van der Waals surface area contributed by atoms with Crippen LogP contribution < -0.4 is 0 Å². The fraction of sp³-hybridized carbons (Fsp3) is 0.579. The van der Waals surface area contributed by atoms with Gasteiger partial charge in [0.1, 0.15) is 11.9 Å². The van der Waals surface area contributed by atoms with Gasteiger partial charge in [-0.25, -0.2) is 9.59 Å². The summed E-state index contributed by atoms with van der Waals surface area (Å²) in [6.45, 7) is 8.16. The molecule has 3 aliphatic rings. The number of hydrogen-bond donors (Lipinski definition) is 2. The van der Waals surface area contributed by atoms with Gasteiger partial charge in [0.05, 0.1) is 17.8 Å². The minimum atomic E-state index is -1.37. The molecule has 2 unspecified atom stereocenters. The maximum Gasteiger partial charge on any atom is 0.342 e. The second kappa shape index (κ2) is 6.33. The van der Waals surface area contributed by atoms with E-state index in [4.69, 9.17) is 14.2 Å². The Bertz CT molecular complexity index is 734. The third-order valence-corrected chi connectivity index (χ3v) is 5.28. The van der Waals surface area contributed by atoms with Crippen molar-refractivity contribution in [2.75, 3.05) is 6.61 Å². The molecule has 0 aromatic rings. The molecule has 1 saturated heterocycles. The van der Waals surface area contributed by atoms with E-state index in [1.807, 2.05) is 0 Å². The van der Waals surface area contributed by atoms with Crippen molar-refractivity contribution in [3.63, 3.8) is 0 Å². The molecule has 7 nitrogen and oxygen atoms in total. The molecule has 0 saturated carbocycles. The SMILES string of the molecule is C=C(C)C(=O)OC1CC(C)[C@]2(O)CC[C@](C)(/C=C3/OC(=O)C(CO)=C31)O2. The van der Waals surface area contributed by atoms with Gasteiger partial charge >= 0.3 is 11.9 Å². The summed E-state index contributed by atoms with van der Waals surface area (Å²) in [5, 5.41) is 20.6. The highest BCUT2D eigenvalue weighted by molar-refractivity contribution is 5.95. The van der Waals surface area contributed by atoms with Gasteiger partial charge in [0, 0.05) is 23.5 Å². The Kier molecular flexibility index (Phi) is 4.58. The molecule has 1 fully saturated rings.